The maximum atomic E-state index is 10.7. The van der Waals surface area contributed by atoms with Crippen LogP contribution in [0.5, 0.6) is 0 Å². The lowest BCUT2D eigenvalue weighted by Crippen LogP contribution is -2.47. The molecule has 108 valence electrons. The van der Waals surface area contributed by atoms with E-state index in [0.29, 0.717) is 17.3 Å². The average Bonchev–Trinajstić information content (AvgIpc) is 2.79. The van der Waals surface area contributed by atoms with Crippen molar-refractivity contribution in [3.05, 3.63) is 29.8 Å². The van der Waals surface area contributed by atoms with Gasteiger partial charge in [-0.1, -0.05) is 26.0 Å². The Hall–Kier alpha value is -1.02. The van der Waals surface area contributed by atoms with Gasteiger partial charge in [-0.3, -0.25) is 0 Å². The van der Waals surface area contributed by atoms with E-state index in [-0.39, 0.29) is 11.5 Å². The first-order valence-electron chi connectivity index (χ1n) is 7.86. The topological polar surface area (TPSA) is 23.5 Å². The second kappa shape index (κ2) is 3.59. The Bertz CT molecular complexity index is 549. The average molecular weight is 271 g/mol. The Morgan fingerprint density at radius 3 is 2.25 bits per heavy atom. The number of rotatable bonds is 2. The van der Waals surface area contributed by atoms with Crippen molar-refractivity contribution >= 4 is 5.69 Å². The summed E-state index contributed by atoms with van der Waals surface area (Å²) >= 11 is 0. The molecule has 5 unspecified atom stereocenters. The highest BCUT2D eigenvalue weighted by Gasteiger charge is 2.80. The maximum Gasteiger partial charge on any atom is 0.0636 e. The van der Waals surface area contributed by atoms with E-state index in [1.807, 2.05) is 0 Å². The molecule has 2 heteroatoms. The molecule has 4 fully saturated rings. The molecule has 1 aromatic carbocycles. The van der Waals surface area contributed by atoms with Gasteiger partial charge < -0.3 is 10.0 Å². The highest BCUT2D eigenvalue weighted by Crippen LogP contribution is 2.83. The van der Waals surface area contributed by atoms with Crippen molar-refractivity contribution < 1.29 is 5.11 Å². The zero-order chi connectivity index (χ0) is 14.3. The summed E-state index contributed by atoms with van der Waals surface area (Å²) in [6.07, 6.45) is 2.43. The summed E-state index contributed by atoms with van der Waals surface area (Å²) in [7, 11) is 4.16. The molecule has 0 aromatic heterocycles. The number of aliphatic hydroxyl groups is 1. The summed E-state index contributed by atoms with van der Waals surface area (Å²) in [5, 5.41) is 10.7. The third kappa shape index (κ3) is 1.13. The van der Waals surface area contributed by atoms with Crippen LogP contribution in [0.3, 0.4) is 0 Å². The number of benzene rings is 1. The van der Waals surface area contributed by atoms with E-state index >= 15 is 0 Å². The Balaban J connectivity index is 1.72. The van der Waals surface area contributed by atoms with Crippen molar-refractivity contribution in [2.24, 2.45) is 22.7 Å². The lowest BCUT2D eigenvalue weighted by atomic mass is 9.50. The molecule has 0 aliphatic heterocycles. The van der Waals surface area contributed by atoms with E-state index in [1.165, 1.54) is 24.1 Å². The van der Waals surface area contributed by atoms with E-state index < -0.39 is 0 Å². The van der Waals surface area contributed by atoms with Crippen molar-refractivity contribution in [3.63, 3.8) is 0 Å². The predicted molar refractivity (Wildman–Crippen MR) is 81.9 cm³/mol. The molecule has 0 saturated heterocycles. The summed E-state index contributed by atoms with van der Waals surface area (Å²) in [5.41, 5.74) is 3.15. The van der Waals surface area contributed by atoms with Crippen LogP contribution in [0.1, 0.15) is 38.2 Å². The molecule has 5 rings (SSSR count). The monoisotopic (exact) mass is 271 g/mol. The van der Waals surface area contributed by atoms with E-state index in [0.717, 1.165) is 5.92 Å². The van der Waals surface area contributed by atoms with E-state index in [2.05, 4.69) is 57.1 Å². The Labute approximate surface area is 121 Å². The maximum absolute atomic E-state index is 10.7. The van der Waals surface area contributed by atoms with Crippen molar-refractivity contribution in [2.45, 2.75) is 38.7 Å². The summed E-state index contributed by atoms with van der Waals surface area (Å²) < 4.78 is 0. The summed E-state index contributed by atoms with van der Waals surface area (Å²) in [4.78, 5) is 2.14. The molecule has 2 nitrogen and oxygen atoms in total. The van der Waals surface area contributed by atoms with Crippen LogP contribution in [-0.2, 0) is 0 Å². The molecule has 4 bridgehead atoms. The van der Waals surface area contributed by atoms with Gasteiger partial charge in [0.2, 0.25) is 0 Å². The number of anilines is 1. The molecule has 0 amide bonds. The SMILES string of the molecule is CN(C)c1ccc(C2C3C4CC[C@](C)(C3O)C42C)cc1. The Morgan fingerprint density at radius 1 is 1.15 bits per heavy atom. The van der Waals surface area contributed by atoms with Gasteiger partial charge in [-0.05, 0) is 53.7 Å². The third-order valence-corrected chi connectivity index (χ3v) is 7.26. The minimum atomic E-state index is -0.0928. The van der Waals surface area contributed by atoms with Crippen molar-refractivity contribution in [2.75, 3.05) is 19.0 Å². The van der Waals surface area contributed by atoms with Crippen LogP contribution in [0, 0.1) is 22.7 Å². The minimum absolute atomic E-state index is 0.0928. The second-order valence-corrected chi connectivity index (χ2v) is 7.83. The largest absolute Gasteiger partial charge is 0.392 e. The van der Waals surface area contributed by atoms with Crippen molar-refractivity contribution in [1.29, 1.82) is 0 Å². The number of hydrogen-bond donors (Lipinski definition) is 1. The third-order valence-electron chi connectivity index (χ3n) is 7.26. The quantitative estimate of drug-likeness (QED) is 0.892. The normalized spacial score (nSPS) is 48.2. The first-order valence-corrected chi connectivity index (χ1v) is 7.86. The van der Waals surface area contributed by atoms with Crippen LogP contribution in [0.2, 0.25) is 0 Å². The van der Waals surface area contributed by atoms with Gasteiger partial charge in [0, 0.05) is 25.2 Å². The van der Waals surface area contributed by atoms with Crippen LogP contribution in [0.25, 0.3) is 0 Å². The minimum Gasteiger partial charge on any atom is -0.392 e. The molecule has 1 aromatic rings. The lowest BCUT2D eigenvalue weighted by molar-refractivity contribution is -0.00531. The fourth-order valence-corrected chi connectivity index (χ4v) is 5.98. The zero-order valence-corrected chi connectivity index (χ0v) is 12.9. The van der Waals surface area contributed by atoms with Gasteiger partial charge in [-0.2, -0.15) is 0 Å². The van der Waals surface area contributed by atoms with Crippen LogP contribution >= 0.6 is 0 Å². The van der Waals surface area contributed by atoms with E-state index in [1.54, 1.807) is 0 Å². The molecule has 20 heavy (non-hydrogen) atoms. The highest BCUT2D eigenvalue weighted by molar-refractivity contribution is 5.49. The smallest absolute Gasteiger partial charge is 0.0636 e. The van der Waals surface area contributed by atoms with Gasteiger partial charge in [-0.25, -0.2) is 0 Å². The van der Waals surface area contributed by atoms with Crippen molar-refractivity contribution in [3.8, 4) is 0 Å². The van der Waals surface area contributed by atoms with Crippen molar-refractivity contribution in [1.82, 2.24) is 0 Å². The Kier molecular flexibility index (Phi) is 2.28. The number of hydrogen-bond acceptors (Lipinski definition) is 2. The fourth-order valence-electron chi connectivity index (χ4n) is 5.98. The first-order chi connectivity index (χ1) is 9.41. The van der Waals surface area contributed by atoms with Gasteiger partial charge >= 0.3 is 0 Å². The van der Waals surface area contributed by atoms with Crippen LogP contribution in [-0.4, -0.2) is 25.3 Å². The molecule has 0 radical (unpaired) electrons. The molecule has 4 aliphatic rings. The molecule has 1 N–H and O–H groups in total. The van der Waals surface area contributed by atoms with Gasteiger partial charge in [-0.15, -0.1) is 0 Å². The molecule has 4 aliphatic carbocycles. The lowest BCUT2D eigenvalue weighted by Gasteiger charge is -2.53. The van der Waals surface area contributed by atoms with E-state index in [4.69, 9.17) is 0 Å². The molecule has 0 heterocycles. The van der Waals surface area contributed by atoms with Gasteiger partial charge in [0.25, 0.3) is 0 Å². The number of aliphatic hydroxyl groups excluding tert-OH is 1. The zero-order valence-electron chi connectivity index (χ0n) is 12.9. The van der Waals surface area contributed by atoms with Gasteiger partial charge in [0.1, 0.15) is 0 Å². The molecule has 6 atom stereocenters. The standard InChI is InChI=1S/C18H25NO/c1-17-10-9-13-14(16(17)20)15(18(13,17)2)11-5-7-12(8-6-11)19(3)4/h5-8,13-16,20H,9-10H2,1-4H3/t13?,14?,15?,16?,17-,18?/m1/s1. The summed E-state index contributed by atoms with van der Waals surface area (Å²) in [6.45, 7) is 4.76. The van der Waals surface area contributed by atoms with Crippen LogP contribution in [0.15, 0.2) is 24.3 Å². The summed E-state index contributed by atoms with van der Waals surface area (Å²) in [6, 6.07) is 9.00. The Morgan fingerprint density at radius 2 is 1.80 bits per heavy atom. The first kappa shape index (κ1) is 12.7. The van der Waals surface area contributed by atoms with Gasteiger partial charge in [0.05, 0.1) is 6.10 Å². The van der Waals surface area contributed by atoms with Crippen LogP contribution in [0.4, 0.5) is 5.69 Å². The van der Waals surface area contributed by atoms with Crippen LogP contribution < -0.4 is 4.90 Å². The van der Waals surface area contributed by atoms with E-state index in [9.17, 15) is 5.11 Å². The highest BCUT2D eigenvalue weighted by atomic mass is 16.3. The van der Waals surface area contributed by atoms with Gasteiger partial charge in [0.15, 0.2) is 0 Å². The summed E-state index contributed by atoms with van der Waals surface area (Å²) in [5.74, 6) is 1.82. The molecule has 0 spiro atoms. The second-order valence-electron chi connectivity index (χ2n) is 7.83. The predicted octanol–water partition coefficient (Wildman–Crippen LogP) is 3.26. The number of nitrogens with zero attached hydrogens (tertiary/aromatic N) is 1. The molecular formula is C18H25NO. The fraction of sp³-hybridized carbons (Fsp3) is 0.667. The molecule has 4 saturated carbocycles. The molecular weight excluding hydrogens is 246 g/mol.